The molecule has 0 unspecified atom stereocenters. The van der Waals surface area contributed by atoms with Gasteiger partial charge in [-0.1, -0.05) is 243 Å². The van der Waals surface area contributed by atoms with Crippen molar-refractivity contribution < 1.29 is 28.6 Å². The van der Waals surface area contributed by atoms with Crippen LogP contribution in [0.5, 0.6) is 0 Å². The van der Waals surface area contributed by atoms with E-state index < -0.39 is 6.10 Å². The molecule has 0 aromatic heterocycles. The molecule has 0 aromatic carbocycles. The summed E-state index contributed by atoms with van der Waals surface area (Å²) in [6, 6.07) is 0. The van der Waals surface area contributed by atoms with E-state index in [0.717, 1.165) is 64.2 Å². The largest absolute Gasteiger partial charge is 0.462 e. The molecule has 0 spiro atoms. The fraction of sp³-hybridized carbons (Fsp3) is 0.855. The first-order valence-electron chi connectivity index (χ1n) is 30.0. The normalized spacial score (nSPS) is 12.2. The molecule has 0 radical (unpaired) electrons. The molecule has 6 nitrogen and oxygen atoms in total. The second-order valence-electron chi connectivity index (χ2n) is 20.2. The van der Waals surface area contributed by atoms with Crippen molar-refractivity contribution in [3.05, 3.63) is 36.5 Å². The summed E-state index contributed by atoms with van der Waals surface area (Å²) in [4.78, 5) is 38.2. The standard InChI is InChI=1S/C62H114O6/c1-4-7-10-13-16-19-22-25-27-29-31-33-35-37-40-43-46-49-52-55-61(64)67-58-59(57-66-60(63)54-51-48-45-42-39-24-21-18-15-12-9-6-3)68-62(65)56-53-50-47-44-41-38-36-34-32-30-28-26-23-20-17-14-11-8-5-2/h18,21,29-32,59H,4-17,19-20,22-28,33-58H2,1-3H3/b21-18-,31-29-,32-30-/t59-/m1/s1. The average Bonchev–Trinajstić information content (AvgIpc) is 3.34. The first kappa shape index (κ1) is 65.6. The van der Waals surface area contributed by atoms with E-state index in [2.05, 4.69) is 57.2 Å². The number of carbonyl (C=O) groups excluding carboxylic acids is 3. The molecule has 68 heavy (non-hydrogen) atoms. The summed E-state index contributed by atoms with van der Waals surface area (Å²) in [5, 5.41) is 0. The van der Waals surface area contributed by atoms with Crippen LogP contribution in [0.25, 0.3) is 0 Å². The van der Waals surface area contributed by atoms with E-state index >= 15 is 0 Å². The molecule has 1 atom stereocenters. The lowest BCUT2D eigenvalue weighted by molar-refractivity contribution is -0.167. The van der Waals surface area contributed by atoms with Crippen molar-refractivity contribution in [1.82, 2.24) is 0 Å². The van der Waals surface area contributed by atoms with Crippen LogP contribution < -0.4 is 0 Å². The lowest BCUT2D eigenvalue weighted by Crippen LogP contribution is -2.30. The Morgan fingerprint density at radius 2 is 0.485 bits per heavy atom. The Hall–Kier alpha value is -2.37. The molecule has 6 heteroatoms. The minimum Gasteiger partial charge on any atom is -0.462 e. The van der Waals surface area contributed by atoms with Crippen LogP contribution in [0.1, 0.15) is 323 Å². The highest BCUT2D eigenvalue weighted by molar-refractivity contribution is 5.71. The van der Waals surface area contributed by atoms with Gasteiger partial charge in [-0.3, -0.25) is 14.4 Å². The van der Waals surface area contributed by atoms with Gasteiger partial charge in [-0.25, -0.2) is 0 Å². The number of allylic oxidation sites excluding steroid dienone is 6. The Balaban J connectivity index is 4.32. The number of hydrogen-bond donors (Lipinski definition) is 0. The minimum absolute atomic E-state index is 0.0765. The Morgan fingerprint density at radius 3 is 0.765 bits per heavy atom. The van der Waals surface area contributed by atoms with Gasteiger partial charge in [-0.15, -0.1) is 0 Å². The maximum absolute atomic E-state index is 12.9. The molecular weight excluding hydrogens is 841 g/mol. The van der Waals surface area contributed by atoms with E-state index in [4.69, 9.17) is 14.2 Å². The highest BCUT2D eigenvalue weighted by Crippen LogP contribution is 2.16. The molecule has 0 heterocycles. The molecule has 0 amide bonds. The fourth-order valence-corrected chi connectivity index (χ4v) is 8.78. The van der Waals surface area contributed by atoms with E-state index in [1.807, 2.05) is 0 Å². The molecule has 0 N–H and O–H groups in total. The third-order valence-corrected chi connectivity index (χ3v) is 13.3. The van der Waals surface area contributed by atoms with Gasteiger partial charge in [0.25, 0.3) is 0 Å². The molecule has 0 saturated heterocycles. The second-order valence-corrected chi connectivity index (χ2v) is 20.2. The molecule has 0 aliphatic heterocycles. The molecular formula is C62H114O6. The summed E-state index contributed by atoms with van der Waals surface area (Å²) in [6.07, 6.45) is 68.5. The number of ether oxygens (including phenoxy) is 3. The van der Waals surface area contributed by atoms with Crippen molar-refractivity contribution in [2.75, 3.05) is 13.2 Å². The molecule has 0 saturated carbocycles. The van der Waals surface area contributed by atoms with Gasteiger partial charge in [0.1, 0.15) is 13.2 Å². The number of carbonyl (C=O) groups is 3. The van der Waals surface area contributed by atoms with Gasteiger partial charge < -0.3 is 14.2 Å². The van der Waals surface area contributed by atoms with Gasteiger partial charge in [-0.05, 0) is 96.3 Å². The predicted molar refractivity (Wildman–Crippen MR) is 293 cm³/mol. The van der Waals surface area contributed by atoms with Crippen LogP contribution in [-0.2, 0) is 28.6 Å². The van der Waals surface area contributed by atoms with Crippen LogP contribution in [0.3, 0.4) is 0 Å². The second kappa shape index (κ2) is 57.2. The van der Waals surface area contributed by atoms with Crippen LogP contribution in [-0.4, -0.2) is 37.2 Å². The van der Waals surface area contributed by atoms with E-state index in [9.17, 15) is 14.4 Å². The smallest absolute Gasteiger partial charge is 0.306 e. The van der Waals surface area contributed by atoms with Crippen LogP contribution in [0, 0.1) is 0 Å². The highest BCUT2D eigenvalue weighted by Gasteiger charge is 2.19. The van der Waals surface area contributed by atoms with E-state index in [-0.39, 0.29) is 31.1 Å². The first-order chi connectivity index (χ1) is 33.5. The molecule has 0 aliphatic rings. The van der Waals surface area contributed by atoms with Gasteiger partial charge in [0.05, 0.1) is 0 Å². The van der Waals surface area contributed by atoms with Gasteiger partial charge in [0.15, 0.2) is 6.10 Å². The molecule has 398 valence electrons. The summed E-state index contributed by atoms with van der Waals surface area (Å²) >= 11 is 0. The minimum atomic E-state index is -0.778. The number of rotatable bonds is 55. The molecule has 0 aliphatic carbocycles. The molecule has 0 rings (SSSR count). The van der Waals surface area contributed by atoms with Gasteiger partial charge in [0.2, 0.25) is 0 Å². The quantitative estimate of drug-likeness (QED) is 0.0262. The van der Waals surface area contributed by atoms with Crippen LogP contribution in [0.15, 0.2) is 36.5 Å². The van der Waals surface area contributed by atoms with E-state index in [1.165, 1.54) is 218 Å². The predicted octanol–water partition coefficient (Wildman–Crippen LogP) is 20.0. The van der Waals surface area contributed by atoms with Crippen LogP contribution in [0.2, 0.25) is 0 Å². The number of esters is 3. The van der Waals surface area contributed by atoms with Gasteiger partial charge >= 0.3 is 17.9 Å². The van der Waals surface area contributed by atoms with Crippen molar-refractivity contribution in [1.29, 1.82) is 0 Å². The summed E-state index contributed by atoms with van der Waals surface area (Å²) in [6.45, 7) is 6.64. The van der Waals surface area contributed by atoms with Crippen molar-refractivity contribution in [2.24, 2.45) is 0 Å². The molecule has 0 aromatic rings. The Morgan fingerprint density at radius 1 is 0.279 bits per heavy atom. The third kappa shape index (κ3) is 54.6. The maximum atomic E-state index is 12.9. The maximum Gasteiger partial charge on any atom is 0.306 e. The fourth-order valence-electron chi connectivity index (χ4n) is 8.78. The molecule has 0 fully saturated rings. The van der Waals surface area contributed by atoms with Crippen LogP contribution >= 0.6 is 0 Å². The van der Waals surface area contributed by atoms with Gasteiger partial charge in [-0.2, -0.15) is 0 Å². The lowest BCUT2D eigenvalue weighted by Gasteiger charge is -2.18. The van der Waals surface area contributed by atoms with E-state index in [0.29, 0.717) is 19.3 Å². The first-order valence-corrected chi connectivity index (χ1v) is 30.0. The highest BCUT2D eigenvalue weighted by atomic mass is 16.6. The van der Waals surface area contributed by atoms with Crippen LogP contribution in [0.4, 0.5) is 0 Å². The number of hydrogen-bond acceptors (Lipinski definition) is 6. The Labute approximate surface area is 423 Å². The summed E-state index contributed by atoms with van der Waals surface area (Å²) in [5.41, 5.74) is 0. The van der Waals surface area contributed by atoms with Crippen molar-refractivity contribution in [3.63, 3.8) is 0 Å². The lowest BCUT2D eigenvalue weighted by atomic mass is 10.1. The van der Waals surface area contributed by atoms with Crippen molar-refractivity contribution in [3.8, 4) is 0 Å². The zero-order chi connectivity index (χ0) is 49.3. The third-order valence-electron chi connectivity index (χ3n) is 13.3. The monoisotopic (exact) mass is 955 g/mol. The van der Waals surface area contributed by atoms with Gasteiger partial charge in [0, 0.05) is 19.3 Å². The summed E-state index contributed by atoms with van der Waals surface area (Å²) in [7, 11) is 0. The Kier molecular flexibility index (Phi) is 55.2. The SMILES string of the molecule is CCCCC/C=C\CCCCCCCC(=O)OC[C@H](COC(=O)CCCCCCCCC/C=C\CCCCCCCCCC)OC(=O)CCCCCCCCC/C=C\CCCCCCCCCC. The molecule has 0 bridgehead atoms. The van der Waals surface area contributed by atoms with E-state index in [1.54, 1.807) is 0 Å². The number of unbranched alkanes of at least 4 members (excludes halogenated alkanes) is 38. The van der Waals surface area contributed by atoms with Crippen molar-refractivity contribution >= 4 is 17.9 Å². The summed E-state index contributed by atoms with van der Waals surface area (Å²) in [5.74, 6) is -0.878. The topological polar surface area (TPSA) is 78.9 Å². The zero-order valence-corrected chi connectivity index (χ0v) is 45.6. The summed E-state index contributed by atoms with van der Waals surface area (Å²) < 4.78 is 16.9. The van der Waals surface area contributed by atoms with Crippen molar-refractivity contribution in [2.45, 2.75) is 329 Å². The Bertz CT molecular complexity index is 1140. The average molecular weight is 956 g/mol. The zero-order valence-electron chi connectivity index (χ0n) is 45.6.